The summed E-state index contributed by atoms with van der Waals surface area (Å²) in [5.41, 5.74) is 2.14. The van der Waals surface area contributed by atoms with Crippen LogP contribution < -0.4 is 4.90 Å². The lowest BCUT2D eigenvalue weighted by molar-refractivity contribution is 0.199. The van der Waals surface area contributed by atoms with Crippen molar-refractivity contribution in [1.29, 1.82) is 0 Å². The summed E-state index contributed by atoms with van der Waals surface area (Å²) in [5, 5.41) is 18.9. The molecule has 0 aliphatic carbocycles. The van der Waals surface area contributed by atoms with Crippen molar-refractivity contribution < 1.29 is 10.2 Å². The lowest BCUT2D eigenvalue weighted by atomic mass is 10.1. The number of nitrogens with zero attached hydrogens (tertiary/aromatic N) is 2. The first-order valence-corrected chi connectivity index (χ1v) is 7.07. The molecule has 106 valence electrons. The maximum atomic E-state index is 9.87. The van der Waals surface area contributed by atoms with E-state index >= 15 is 0 Å². The van der Waals surface area contributed by atoms with Crippen molar-refractivity contribution in [2.75, 3.05) is 44.2 Å². The van der Waals surface area contributed by atoms with Gasteiger partial charge in [-0.05, 0) is 26.0 Å². The highest BCUT2D eigenvalue weighted by Gasteiger charge is 2.18. The average Bonchev–Trinajstić information content (AvgIpc) is 2.65. The van der Waals surface area contributed by atoms with Crippen LogP contribution in [0.2, 0.25) is 0 Å². The van der Waals surface area contributed by atoms with Gasteiger partial charge in [-0.1, -0.05) is 18.2 Å². The Morgan fingerprint density at radius 2 is 1.95 bits per heavy atom. The summed E-state index contributed by atoms with van der Waals surface area (Å²) >= 11 is 0. The number of rotatable bonds is 4. The third kappa shape index (κ3) is 3.69. The highest BCUT2D eigenvalue weighted by molar-refractivity contribution is 5.54. The molecule has 4 nitrogen and oxygen atoms in total. The number of para-hydroxylation sites is 1. The summed E-state index contributed by atoms with van der Waals surface area (Å²) in [7, 11) is 0. The normalized spacial score (nSPS) is 19.2. The molecule has 1 aliphatic heterocycles. The van der Waals surface area contributed by atoms with Gasteiger partial charge in [0.1, 0.15) is 0 Å². The van der Waals surface area contributed by atoms with E-state index < -0.39 is 6.10 Å². The van der Waals surface area contributed by atoms with Crippen LogP contribution in [0.25, 0.3) is 0 Å². The minimum absolute atomic E-state index is 0.226. The summed E-state index contributed by atoms with van der Waals surface area (Å²) in [5.74, 6) is 0. The predicted octanol–water partition coefficient (Wildman–Crippen LogP) is 1.24. The second kappa shape index (κ2) is 6.89. The Morgan fingerprint density at radius 1 is 1.16 bits per heavy atom. The SMILES string of the molecule is C[C@@H](O)c1ccccc1N1CCCN(CCO)CC1. The molecule has 0 bridgehead atoms. The topological polar surface area (TPSA) is 46.9 Å². The molecule has 4 heteroatoms. The van der Waals surface area contributed by atoms with Crippen molar-refractivity contribution in [3.63, 3.8) is 0 Å². The molecule has 0 unspecified atom stereocenters. The number of aliphatic hydroxyl groups is 2. The minimum atomic E-state index is -0.437. The molecule has 1 fully saturated rings. The second-order valence-corrected chi connectivity index (χ2v) is 5.14. The summed E-state index contributed by atoms with van der Waals surface area (Å²) in [4.78, 5) is 4.64. The van der Waals surface area contributed by atoms with Gasteiger partial charge < -0.3 is 15.1 Å². The lowest BCUT2D eigenvalue weighted by Crippen LogP contribution is -2.32. The number of hydrogen-bond acceptors (Lipinski definition) is 4. The van der Waals surface area contributed by atoms with E-state index in [1.54, 1.807) is 0 Å². The van der Waals surface area contributed by atoms with Crippen LogP contribution in [0.1, 0.15) is 25.0 Å². The van der Waals surface area contributed by atoms with Crippen LogP contribution in [0, 0.1) is 0 Å². The van der Waals surface area contributed by atoms with Crippen molar-refractivity contribution in [3.8, 4) is 0 Å². The Bertz CT molecular complexity index is 395. The Balaban J connectivity index is 2.10. The molecular formula is C15H24N2O2. The fourth-order valence-electron chi connectivity index (χ4n) is 2.71. The van der Waals surface area contributed by atoms with Crippen molar-refractivity contribution in [2.24, 2.45) is 0 Å². The molecule has 1 heterocycles. The molecule has 1 aliphatic rings. The van der Waals surface area contributed by atoms with E-state index in [2.05, 4.69) is 15.9 Å². The van der Waals surface area contributed by atoms with Crippen LogP contribution in [0.5, 0.6) is 0 Å². The molecule has 2 N–H and O–H groups in total. The van der Waals surface area contributed by atoms with E-state index in [0.717, 1.165) is 50.4 Å². The number of hydrogen-bond donors (Lipinski definition) is 2. The van der Waals surface area contributed by atoms with Gasteiger partial charge in [0.15, 0.2) is 0 Å². The molecule has 1 atom stereocenters. The molecule has 0 radical (unpaired) electrons. The van der Waals surface area contributed by atoms with E-state index in [-0.39, 0.29) is 6.61 Å². The summed E-state index contributed by atoms with van der Waals surface area (Å²) < 4.78 is 0. The van der Waals surface area contributed by atoms with Gasteiger partial charge in [0.2, 0.25) is 0 Å². The van der Waals surface area contributed by atoms with Crippen molar-refractivity contribution >= 4 is 5.69 Å². The van der Waals surface area contributed by atoms with Gasteiger partial charge in [0.25, 0.3) is 0 Å². The highest BCUT2D eigenvalue weighted by atomic mass is 16.3. The Hall–Kier alpha value is -1.10. The van der Waals surface area contributed by atoms with E-state index in [4.69, 9.17) is 5.11 Å². The third-order valence-electron chi connectivity index (χ3n) is 3.73. The van der Waals surface area contributed by atoms with Crippen LogP contribution >= 0.6 is 0 Å². The monoisotopic (exact) mass is 264 g/mol. The summed E-state index contributed by atoms with van der Waals surface area (Å²) in [6.45, 7) is 6.75. The number of β-amino-alcohol motifs (C(OH)–C–C–N with tert-alkyl or cyclic N) is 1. The van der Waals surface area contributed by atoms with E-state index in [1.165, 1.54) is 0 Å². The molecule has 1 aromatic carbocycles. The smallest absolute Gasteiger partial charge is 0.0781 e. The van der Waals surface area contributed by atoms with Crippen molar-refractivity contribution in [2.45, 2.75) is 19.4 Å². The first kappa shape index (κ1) is 14.3. The van der Waals surface area contributed by atoms with Crippen LogP contribution in [0.4, 0.5) is 5.69 Å². The van der Waals surface area contributed by atoms with Gasteiger partial charge in [-0.3, -0.25) is 4.90 Å². The quantitative estimate of drug-likeness (QED) is 0.859. The number of aliphatic hydroxyl groups excluding tert-OH is 2. The van der Waals surface area contributed by atoms with Gasteiger partial charge in [-0.2, -0.15) is 0 Å². The van der Waals surface area contributed by atoms with Gasteiger partial charge in [0.05, 0.1) is 12.7 Å². The molecule has 1 aromatic rings. The molecular weight excluding hydrogens is 240 g/mol. The Kier molecular flexibility index (Phi) is 5.19. The van der Waals surface area contributed by atoms with Crippen molar-refractivity contribution in [3.05, 3.63) is 29.8 Å². The zero-order chi connectivity index (χ0) is 13.7. The van der Waals surface area contributed by atoms with Gasteiger partial charge in [-0.25, -0.2) is 0 Å². The van der Waals surface area contributed by atoms with Crippen LogP contribution in [0.15, 0.2) is 24.3 Å². The Morgan fingerprint density at radius 3 is 2.68 bits per heavy atom. The molecule has 0 aromatic heterocycles. The summed E-state index contributed by atoms with van der Waals surface area (Å²) in [6, 6.07) is 8.08. The van der Waals surface area contributed by atoms with Gasteiger partial charge in [-0.15, -0.1) is 0 Å². The average molecular weight is 264 g/mol. The first-order chi connectivity index (χ1) is 9.22. The standard InChI is InChI=1S/C15H24N2O2/c1-13(19)14-5-2-3-6-15(14)17-8-4-7-16(9-10-17)11-12-18/h2-3,5-6,13,18-19H,4,7-12H2,1H3/t13-/m1/s1. The maximum Gasteiger partial charge on any atom is 0.0781 e. The van der Waals surface area contributed by atoms with E-state index in [0.29, 0.717) is 0 Å². The van der Waals surface area contributed by atoms with Crippen molar-refractivity contribution in [1.82, 2.24) is 4.90 Å². The molecule has 1 saturated heterocycles. The first-order valence-electron chi connectivity index (χ1n) is 7.07. The minimum Gasteiger partial charge on any atom is -0.395 e. The largest absolute Gasteiger partial charge is 0.395 e. The molecule has 0 spiro atoms. The maximum absolute atomic E-state index is 9.87. The van der Waals surface area contributed by atoms with E-state index in [9.17, 15) is 5.11 Å². The molecule has 0 saturated carbocycles. The van der Waals surface area contributed by atoms with Gasteiger partial charge in [0, 0.05) is 37.4 Å². The highest BCUT2D eigenvalue weighted by Crippen LogP contribution is 2.26. The fourth-order valence-corrected chi connectivity index (χ4v) is 2.71. The third-order valence-corrected chi connectivity index (χ3v) is 3.73. The van der Waals surface area contributed by atoms with Crippen LogP contribution in [0.3, 0.4) is 0 Å². The van der Waals surface area contributed by atoms with E-state index in [1.807, 2.05) is 25.1 Å². The number of anilines is 1. The second-order valence-electron chi connectivity index (χ2n) is 5.14. The van der Waals surface area contributed by atoms with Gasteiger partial charge >= 0.3 is 0 Å². The molecule has 0 amide bonds. The fraction of sp³-hybridized carbons (Fsp3) is 0.600. The number of benzene rings is 1. The summed E-state index contributed by atoms with van der Waals surface area (Å²) in [6.07, 6.45) is 0.654. The zero-order valence-electron chi connectivity index (χ0n) is 11.6. The zero-order valence-corrected chi connectivity index (χ0v) is 11.6. The lowest BCUT2D eigenvalue weighted by Gasteiger charge is -2.26. The Labute approximate surface area is 115 Å². The molecule has 19 heavy (non-hydrogen) atoms. The molecule has 2 rings (SSSR count). The predicted molar refractivity (Wildman–Crippen MR) is 77.4 cm³/mol. The van der Waals surface area contributed by atoms with Crippen LogP contribution in [-0.2, 0) is 0 Å². The van der Waals surface area contributed by atoms with Crippen LogP contribution in [-0.4, -0.2) is 54.4 Å².